The van der Waals surface area contributed by atoms with Crippen molar-refractivity contribution in [3.8, 4) is 5.75 Å². The van der Waals surface area contributed by atoms with E-state index in [0.29, 0.717) is 24.3 Å². The highest BCUT2D eigenvalue weighted by molar-refractivity contribution is 5.74. The van der Waals surface area contributed by atoms with Gasteiger partial charge in [0.2, 0.25) is 5.91 Å². The molecule has 0 saturated carbocycles. The number of nitrogens with one attached hydrogen (secondary N) is 1. The standard InChI is InChI=1S/C13H19FN2O2/c1-10-9-11(6-7-12(10)14)18-8-4-2-3-5-13(17)16-15/h6-7,9H,2-5,8,15H2,1H3,(H,16,17). The highest BCUT2D eigenvalue weighted by atomic mass is 19.1. The van der Waals surface area contributed by atoms with Crippen molar-refractivity contribution in [1.29, 1.82) is 0 Å². The normalized spacial score (nSPS) is 10.2. The van der Waals surface area contributed by atoms with Gasteiger partial charge in [-0.05, 0) is 49.9 Å². The monoisotopic (exact) mass is 254 g/mol. The van der Waals surface area contributed by atoms with Gasteiger partial charge in [0.1, 0.15) is 11.6 Å². The van der Waals surface area contributed by atoms with E-state index in [0.717, 1.165) is 19.3 Å². The fourth-order valence-electron chi connectivity index (χ4n) is 1.53. The summed E-state index contributed by atoms with van der Waals surface area (Å²) >= 11 is 0. The van der Waals surface area contributed by atoms with Gasteiger partial charge >= 0.3 is 0 Å². The van der Waals surface area contributed by atoms with Gasteiger partial charge in [0.25, 0.3) is 0 Å². The molecule has 0 unspecified atom stereocenters. The second-order valence-corrected chi connectivity index (χ2v) is 4.14. The van der Waals surface area contributed by atoms with Crippen LogP contribution in [0.5, 0.6) is 5.75 Å². The SMILES string of the molecule is Cc1cc(OCCCCCC(=O)NN)ccc1F. The molecule has 1 amide bonds. The number of hydrogen-bond acceptors (Lipinski definition) is 3. The average molecular weight is 254 g/mol. The van der Waals surface area contributed by atoms with E-state index in [4.69, 9.17) is 10.6 Å². The number of benzene rings is 1. The predicted octanol–water partition coefficient (Wildman–Crippen LogP) is 2.06. The Morgan fingerprint density at radius 2 is 2.17 bits per heavy atom. The number of halogens is 1. The maximum atomic E-state index is 13.0. The highest BCUT2D eigenvalue weighted by Crippen LogP contribution is 2.16. The Morgan fingerprint density at radius 1 is 1.39 bits per heavy atom. The van der Waals surface area contributed by atoms with E-state index in [-0.39, 0.29) is 11.7 Å². The maximum Gasteiger partial charge on any atom is 0.233 e. The van der Waals surface area contributed by atoms with Crippen LogP contribution in [0.25, 0.3) is 0 Å². The Hall–Kier alpha value is -1.62. The van der Waals surface area contributed by atoms with Crippen molar-refractivity contribution in [3.63, 3.8) is 0 Å². The molecular weight excluding hydrogens is 235 g/mol. The Balaban J connectivity index is 2.14. The molecule has 0 aliphatic carbocycles. The molecule has 0 atom stereocenters. The molecule has 0 fully saturated rings. The zero-order valence-corrected chi connectivity index (χ0v) is 10.5. The number of unbranched alkanes of at least 4 members (excludes halogenated alkanes) is 2. The van der Waals surface area contributed by atoms with Crippen molar-refractivity contribution in [2.45, 2.75) is 32.6 Å². The number of nitrogens with two attached hydrogens (primary N) is 1. The third-order valence-electron chi connectivity index (χ3n) is 2.61. The quantitative estimate of drug-likeness (QED) is 0.339. The maximum absolute atomic E-state index is 13.0. The molecule has 0 spiro atoms. The van der Waals surface area contributed by atoms with E-state index in [1.165, 1.54) is 6.07 Å². The fraction of sp³-hybridized carbons (Fsp3) is 0.462. The third-order valence-corrected chi connectivity index (χ3v) is 2.61. The first-order valence-electron chi connectivity index (χ1n) is 6.02. The van der Waals surface area contributed by atoms with Crippen LogP contribution in [-0.2, 0) is 4.79 Å². The summed E-state index contributed by atoms with van der Waals surface area (Å²) in [6.07, 6.45) is 2.98. The summed E-state index contributed by atoms with van der Waals surface area (Å²) < 4.78 is 18.5. The summed E-state index contributed by atoms with van der Waals surface area (Å²) in [4.78, 5) is 10.8. The molecule has 1 aromatic rings. The third kappa shape index (κ3) is 5.14. The van der Waals surface area contributed by atoms with Gasteiger partial charge < -0.3 is 4.74 Å². The number of hydrazine groups is 1. The lowest BCUT2D eigenvalue weighted by Crippen LogP contribution is -2.29. The van der Waals surface area contributed by atoms with Crippen LogP contribution in [0.3, 0.4) is 0 Å². The minimum Gasteiger partial charge on any atom is -0.494 e. The zero-order chi connectivity index (χ0) is 13.4. The second-order valence-electron chi connectivity index (χ2n) is 4.14. The summed E-state index contributed by atoms with van der Waals surface area (Å²) in [5, 5.41) is 0. The molecule has 100 valence electrons. The van der Waals surface area contributed by atoms with Crippen LogP contribution in [0.15, 0.2) is 18.2 Å². The summed E-state index contributed by atoms with van der Waals surface area (Å²) in [6.45, 7) is 2.27. The molecule has 4 nitrogen and oxygen atoms in total. The molecule has 0 saturated heterocycles. The summed E-state index contributed by atoms with van der Waals surface area (Å²) in [5.74, 6) is 5.26. The van der Waals surface area contributed by atoms with E-state index in [1.54, 1.807) is 19.1 Å². The molecular formula is C13H19FN2O2. The molecule has 0 radical (unpaired) electrons. The van der Waals surface area contributed by atoms with E-state index < -0.39 is 0 Å². The molecule has 0 aliphatic rings. The first-order chi connectivity index (χ1) is 8.63. The summed E-state index contributed by atoms with van der Waals surface area (Å²) in [7, 11) is 0. The van der Waals surface area contributed by atoms with Crippen molar-refractivity contribution in [2.75, 3.05) is 6.61 Å². The van der Waals surface area contributed by atoms with Crippen LogP contribution in [0.2, 0.25) is 0 Å². The van der Waals surface area contributed by atoms with Crippen LogP contribution < -0.4 is 16.0 Å². The van der Waals surface area contributed by atoms with E-state index >= 15 is 0 Å². The lowest BCUT2D eigenvalue weighted by molar-refractivity contribution is -0.121. The van der Waals surface area contributed by atoms with Gasteiger partial charge in [0.15, 0.2) is 0 Å². The van der Waals surface area contributed by atoms with E-state index in [2.05, 4.69) is 5.43 Å². The molecule has 0 aliphatic heterocycles. The molecule has 0 heterocycles. The average Bonchev–Trinajstić information content (AvgIpc) is 2.37. The van der Waals surface area contributed by atoms with Gasteiger partial charge in [0, 0.05) is 6.42 Å². The second kappa shape index (κ2) is 7.66. The van der Waals surface area contributed by atoms with Crippen LogP contribution in [0.4, 0.5) is 4.39 Å². The van der Waals surface area contributed by atoms with Crippen LogP contribution in [0, 0.1) is 12.7 Å². The van der Waals surface area contributed by atoms with Crippen LogP contribution in [0.1, 0.15) is 31.2 Å². The Kier molecular flexibility index (Phi) is 6.14. The Bertz CT molecular complexity index is 397. The number of carbonyl (C=O) groups excluding carboxylic acids is 1. The van der Waals surface area contributed by atoms with Gasteiger partial charge in [0.05, 0.1) is 6.61 Å². The van der Waals surface area contributed by atoms with Crippen molar-refractivity contribution in [2.24, 2.45) is 5.84 Å². The van der Waals surface area contributed by atoms with Crippen molar-refractivity contribution in [1.82, 2.24) is 5.43 Å². The number of ether oxygens (including phenoxy) is 1. The van der Waals surface area contributed by atoms with Crippen molar-refractivity contribution in [3.05, 3.63) is 29.6 Å². The Labute approximate surface area is 106 Å². The molecule has 0 aromatic heterocycles. The molecule has 0 bridgehead atoms. The summed E-state index contributed by atoms with van der Waals surface area (Å²) in [6, 6.07) is 4.69. The minimum atomic E-state index is -0.227. The fourth-order valence-corrected chi connectivity index (χ4v) is 1.53. The van der Waals surface area contributed by atoms with Crippen molar-refractivity contribution < 1.29 is 13.9 Å². The first-order valence-corrected chi connectivity index (χ1v) is 6.02. The lowest BCUT2D eigenvalue weighted by atomic mass is 10.2. The van der Waals surface area contributed by atoms with Crippen molar-refractivity contribution >= 4 is 5.91 Å². The van der Waals surface area contributed by atoms with Gasteiger partial charge in [-0.1, -0.05) is 0 Å². The molecule has 1 rings (SSSR count). The molecule has 5 heteroatoms. The number of hydrogen-bond donors (Lipinski definition) is 2. The first kappa shape index (κ1) is 14.4. The van der Waals surface area contributed by atoms with E-state index in [1.807, 2.05) is 0 Å². The topological polar surface area (TPSA) is 64.3 Å². The predicted molar refractivity (Wildman–Crippen MR) is 67.4 cm³/mol. The van der Waals surface area contributed by atoms with Gasteiger partial charge in [-0.2, -0.15) is 0 Å². The molecule has 3 N–H and O–H groups in total. The Morgan fingerprint density at radius 3 is 2.83 bits per heavy atom. The van der Waals surface area contributed by atoms with Gasteiger partial charge in [-0.25, -0.2) is 10.2 Å². The van der Waals surface area contributed by atoms with Crippen LogP contribution >= 0.6 is 0 Å². The van der Waals surface area contributed by atoms with Crippen LogP contribution in [-0.4, -0.2) is 12.5 Å². The highest BCUT2D eigenvalue weighted by Gasteiger charge is 2.00. The molecule has 1 aromatic carbocycles. The number of aryl methyl sites for hydroxylation is 1. The summed E-state index contributed by atoms with van der Waals surface area (Å²) in [5.41, 5.74) is 2.66. The van der Waals surface area contributed by atoms with Gasteiger partial charge in [-0.3, -0.25) is 10.2 Å². The lowest BCUT2D eigenvalue weighted by Gasteiger charge is -2.07. The number of rotatable bonds is 7. The number of amides is 1. The van der Waals surface area contributed by atoms with Gasteiger partial charge in [-0.15, -0.1) is 0 Å². The minimum absolute atomic E-state index is 0.148. The zero-order valence-electron chi connectivity index (χ0n) is 10.5. The largest absolute Gasteiger partial charge is 0.494 e. The van der Waals surface area contributed by atoms with E-state index in [9.17, 15) is 9.18 Å². The number of carbonyl (C=O) groups is 1. The molecule has 18 heavy (non-hydrogen) atoms. The smallest absolute Gasteiger partial charge is 0.233 e.